The molecule has 0 aliphatic carbocycles. The predicted molar refractivity (Wildman–Crippen MR) is 73.5 cm³/mol. The summed E-state index contributed by atoms with van der Waals surface area (Å²) in [6.07, 6.45) is -0.698. The van der Waals surface area contributed by atoms with Gasteiger partial charge in [-0.1, -0.05) is 0 Å². The number of thioether (sulfide) groups is 1. The van der Waals surface area contributed by atoms with Gasteiger partial charge < -0.3 is 21.1 Å². The predicted octanol–water partition coefficient (Wildman–Crippen LogP) is 0.192. The number of nitrogens with one attached hydrogen (secondary N) is 2. The van der Waals surface area contributed by atoms with Gasteiger partial charge in [0.1, 0.15) is 11.6 Å². The average Bonchev–Trinajstić information content (AvgIpc) is 2.19. The molecule has 7 nitrogen and oxygen atoms in total. The molecule has 1 unspecified atom stereocenters. The van der Waals surface area contributed by atoms with E-state index in [0.29, 0.717) is 5.88 Å². The van der Waals surface area contributed by atoms with Crippen LogP contribution in [0.25, 0.3) is 0 Å². The Morgan fingerprint density at radius 3 is 2.32 bits per heavy atom. The van der Waals surface area contributed by atoms with Crippen LogP contribution in [0.15, 0.2) is 0 Å². The van der Waals surface area contributed by atoms with Crippen LogP contribution in [-0.4, -0.2) is 41.2 Å². The first-order valence-electron chi connectivity index (χ1n) is 5.73. The highest BCUT2D eigenvalue weighted by atomic mass is 32.2. The van der Waals surface area contributed by atoms with E-state index in [2.05, 4.69) is 10.6 Å². The van der Waals surface area contributed by atoms with Gasteiger partial charge in [0.15, 0.2) is 0 Å². The van der Waals surface area contributed by atoms with Crippen LogP contribution in [0.2, 0.25) is 0 Å². The van der Waals surface area contributed by atoms with Crippen molar-refractivity contribution in [1.29, 1.82) is 0 Å². The summed E-state index contributed by atoms with van der Waals surface area (Å²) in [5.74, 6) is -0.214. The van der Waals surface area contributed by atoms with E-state index >= 15 is 0 Å². The largest absolute Gasteiger partial charge is 0.444 e. The number of ether oxygens (including phenoxy) is 1. The van der Waals surface area contributed by atoms with Gasteiger partial charge in [0.05, 0.1) is 5.88 Å². The fourth-order valence-corrected chi connectivity index (χ4v) is 1.88. The Hall–Kier alpha value is -1.44. The zero-order valence-corrected chi connectivity index (χ0v) is 12.4. The molecule has 0 aromatic heterocycles. The summed E-state index contributed by atoms with van der Waals surface area (Å²) >= 11 is 1.27. The zero-order valence-electron chi connectivity index (χ0n) is 11.6. The van der Waals surface area contributed by atoms with Gasteiger partial charge >= 0.3 is 6.09 Å². The summed E-state index contributed by atoms with van der Waals surface area (Å²) in [5.41, 5.74) is 4.54. The Bertz CT molecular complexity index is 341. The van der Waals surface area contributed by atoms with Crippen molar-refractivity contribution in [2.45, 2.75) is 39.3 Å². The van der Waals surface area contributed by atoms with E-state index in [-0.39, 0.29) is 11.7 Å². The van der Waals surface area contributed by atoms with E-state index in [9.17, 15) is 14.4 Å². The summed E-state index contributed by atoms with van der Waals surface area (Å²) in [4.78, 5) is 33.3. The molecule has 0 aliphatic heterocycles. The number of rotatable bonds is 6. The maximum absolute atomic E-state index is 11.5. The highest BCUT2D eigenvalue weighted by Gasteiger charge is 2.22. The first-order chi connectivity index (χ1) is 8.61. The second kappa shape index (κ2) is 7.88. The standard InChI is InChI=1S/C11H21N3O4S/c1-7(15)13-6-19-5-8(9(12)16)14-10(17)18-11(2,3)4/h8H,5-6H2,1-4H3,(H2,12,16)(H,13,15)(H,14,17). The molecule has 1 atom stereocenters. The summed E-state index contributed by atoms with van der Waals surface area (Å²) in [6.45, 7) is 6.55. The number of amides is 3. The summed E-state index contributed by atoms with van der Waals surface area (Å²) in [7, 11) is 0. The molecule has 19 heavy (non-hydrogen) atoms. The lowest BCUT2D eigenvalue weighted by molar-refractivity contribution is -0.119. The Morgan fingerprint density at radius 2 is 1.89 bits per heavy atom. The third-order valence-electron chi connectivity index (χ3n) is 1.74. The zero-order chi connectivity index (χ0) is 15.1. The maximum atomic E-state index is 11.5. The molecule has 0 aromatic carbocycles. The SMILES string of the molecule is CC(=O)NCSCC(NC(=O)OC(C)(C)C)C(N)=O. The highest BCUT2D eigenvalue weighted by molar-refractivity contribution is 7.99. The monoisotopic (exact) mass is 291 g/mol. The van der Waals surface area contributed by atoms with Gasteiger partial charge in [0, 0.05) is 12.7 Å². The molecule has 0 bridgehead atoms. The summed E-state index contributed by atoms with van der Waals surface area (Å²) in [5, 5.41) is 4.95. The molecule has 4 N–H and O–H groups in total. The quantitative estimate of drug-likeness (QED) is 0.478. The fourth-order valence-electron chi connectivity index (χ4n) is 0.974. The second-order valence-electron chi connectivity index (χ2n) is 4.85. The Balaban J connectivity index is 4.16. The molecule has 0 spiro atoms. The Morgan fingerprint density at radius 1 is 1.32 bits per heavy atom. The van der Waals surface area contributed by atoms with E-state index in [1.807, 2.05) is 0 Å². The highest BCUT2D eigenvalue weighted by Crippen LogP contribution is 2.07. The first-order valence-corrected chi connectivity index (χ1v) is 6.88. The van der Waals surface area contributed by atoms with Gasteiger partial charge in [0.25, 0.3) is 0 Å². The molecule has 0 aromatic rings. The van der Waals surface area contributed by atoms with Crippen molar-refractivity contribution in [2.24, 2.45) is 5.73 Å². The molecular formula is C11H21N3O4S. The lowest BCUT2D eigenvalue weighted by atomic mass is 10.2. The van der Waals surface area contributed by atoms with Crippen molar-refractivity contribution < 1.29 is 19.1 Å². The van der Waals surface area contributed by atoms with Gasteiger partial charge in [-0.3, -0.25) is 9.59 Å². The molecule has 0 aliphatic rings. The molecule has 0 saturated heterocycles. The fraction of sp³-hybridized carbons (Fsp3) is 0.727. The number of nitrogens with two attached hydrogens (primary N) is 1. The van der Waals surface area contributed by atoms with E-state index in [4.69, 9.17) is 10.5 Å². The number of hydrogen-bond donors (Lipinski definition) is 3. The van der Waals surface area contributed by atoms with Gasteiger partial charge in [-0.2, -0.15) is 0 Å². The third-order valence-corrected chi connectivity index (χ3v) is 2.66. The molecule has 8 heteroatoms. The van der Waals surface area contributed by atoms with E-state index in [0.717, 1.165) is 0 Å². The van der Waals surface area contributed by atoms with Crippen molar-refractivity contribution in [1.82, 2.24) is 10.6 Å². The van der Waals surface area contributed by atoms with Crippen molar-refractivity contribution in [2.75, 3.05) is 11.6 Å². The second-order valence-corrected chi connectivity index (χ2v) is 5.88. The van der Waals surface area contributed by atoms with Crippen molar-refractivity contribution in [3.05, 3.63) is 0 Å². The van der Waals surface area contributed by atoms with Crippen LogP contribution in [0.1, 0.15) is 27.7 Å². The minimum absolute atomic E-state index is 0.164. The van der Waals surface area contributed by atoms with Gasteiger partial charge in [-0.05, 0) is 20.8 Å². The van der Waals surface area contributed by atoms with Crippen molar-refractivity contribution in [3.8, 4) is 0 Å². The number of alkyl carbamates (subject to hydrolysis) is 1. The van der Waals surface area contributed by atoms with E-state index < -0.39 is 23.6 Å². The molecular weight excluding hydrogens is 270 g/mol. The average molecular weight is 291 g/mol. The van der Waals surface area contributed by atoms with Crippen LogP contribution in [0.5, 0.6) is 0 Å². The maximum Gasteiger partial charge on any atom is 0.408 e. The molecule has 0 saturated carbocycles. The molecule has 0 radical (unpaired) electrons. The normalized spacial score (nSPS) is 12.4. The molecule has 3 amide bonds. The number of carbonyl (C=O) groups is 3. The van der Waals surface area contributed by atoms with E-state index in [1.165, 1.54) is 18.7 Å². The molecule has 0 heterocycles. The van der Waals surface area contributed by atoms with Gasteiger partial charge in [-0.25, -0.2) is 4.79 Å². The summed E-state index contributed by atoms with van der Waals surface area (Å²) in [6, 6.07) is -0.839. The van der Waals surface area contributed by atoms with Gasteiger partial charge in [-0.15, -0.1) is 11.8 Å². The molecule has 110 valence electrons. The lowest BCUT2D eigenvalue weighted by Gasteiger charge is -2.22. The minimum Gasteiger partial charge on any atom is -0.444 e. The van der Waals surface area contributed by atoms with Crippen molar-refractivity contribution >= 4 is 29.7 Å². The number of hydrogen-bond acceptors (Lipinski definition) is 5. The Kier molecular flexibility index (Phi) is 7.28. The van der Waals surface area contributed by atoms with Crippen LogP contribution in [0.4, 0.5) is 4.79 Å². The molecule has 0 rings (SSSR count). The first kappa shape index (κ1) is 17.6. The van der Waals surface area contributed by atoms with Crippen LogP contribution in [-0.2, 0) is 14.3 Å². The van der Waals surface area contributed by atoms with Crippen LogP contribution in [0.3, 0.4) is 0 Å². The minimum atomic E-state index is -0.839. The Labute approximate surface area is 117 Å². The van der Waals surface area contributed by atoms with E-state index in [1.54, 1.807) is 20.8 Å². The van der Waals surface area contributed by atoms with Gasteiger partial charge in [0.2, 0.25) is 11.8 Å². The van der Waals surface area contributed by atoms with Crippen LogP contribution >= 0.6 is 11.8 Å². The van der Waals surface area contributed by atoms with Crippen molar-refractivity contribution in [3.63, 3.8) is 0 Å². The topological polar surface area (TPSA) is 111 Å². The van der Waals surface area contributed by atoms with Crippen LogP contribution < -0.4 is 16.4 Å². The summed E-state index contributed by atoms with van der Waals surface area (Å²) < 4.78 is 5.03. The molecule has 0 fully saturated rings. The third kappa shape index (κ3) is 10.2. The lowest BCUT2D eigenvalue weighted by Crippen LogP contribution is -2.48. The smallest absolute Gasteiger partial charge is 0.408 e. The number of primary amides is 1. The number of carbonyl (C=O) groups excluding carboxylic acids is 3. The van der Waals surface area contributed by atoms with Crippen LogP contribution in [0, 0.1) is 0 Å².